The van der Waals surface area contributed by atoms with Gasteiger partial charge >= 0.3 is 0 Å². The van der Waals surface area contributed by atoms with Crippen molar-refractivity contribution in [2.24, 2.45) is 5.92 Å². The molecule has 3 rings (SSSR count). The number of H-pyrrole nitrogens is 1. The Morgan fingerprint density at radius 2 is 2.24 bits per heavy atom. The number of hydrogen-bond donors (Lipinski definition) is 3. The van der Waals surface area contributed by atoms with E-state index in [9.17, 15) is 14.7 Å². The average molecular weight is 342 g/mol. The van der Waals surface area contributed by atoms with Crippen molar-refractivity contribution in [3.8, 4) is 0 Å². The maximum atomic E-state index is 12.6. The summed E-state index contributed by atoms with van der Waals surface area (Å²) >= 11 is 0. The third-order valence-corrected chi connectivity index (χ3v) is 5.22. The lowest BCUT2D eigenvalue weighted by atomic mass is 9.63. The van der Waals surface area contributed by atoms with E-state index in [4.69, 9.17) is 5.73 Å². The molecule has 0 fully saturated rings. The summed E-state index contributed by atoms with van der Waals surface area (Å²) < 4.78 is 0. The number of aliphatic hydroxyl groups is 1. The zero-order valence-electron chi connectivity index (χ0n) is 14.7. The number of carbonyl (C=O) groups excluding carboxylic acids is 1. The molecule has 2 aliphatic carbocycles. The van der Waals surface area contributed by atoms with E-state index in [0.717, 1.165) is 22.4 Å². The summed E-state index contributed by atoms with van der Waals surface area (Å²) in [6.45, 7) is 5.41. The Balaban J connectivity index is 2.16. The summed E-state index contributed by atoms with van der Waals surface area (Å²) in [6.07, 6.45) is 4.41. The standard InChI is InChI=1S/C19H24N3O3/c1-4-13-12-7-10(2)9-19(13,22-18(25)17(20)11(3)23)14-5-6-16(24)21-15(14)8-12/h4-7,11-12,17,20,23H,8-9H2,1-3H3,(H,21,24)(H,22,25)/b13-4+. The number of pyridine rings is 1. The van der Waals surface area contributed by atoms with Crippen molar-refractivity contribution >= 4 is 5.91 Å². The molecule has 0 aromatic carbocycles. The van der Waals surface area contributed by atoms with Gasteiger partial charge in [0.25, 0.3) is 0 Å². The van der Waals surface area contributed by atoms with Crippen LogP contribution in [-0.4, -0.2) is 28.1 Å². The molecule has 0 spiro atoms. The SMILES string of the molecule is C/C=C1\C2C=C(C)CC1(NC(=O)C([NH])C(C)O)c1ccc(=O)[nH]c1C2. The van der Waals surface area contributed by atoms with Crippen LogP contribution in [0.1, 0.15) is 38.4 Å². The molecule has 1 radical (unpaired) electrons. The van der Waals surface area contributed by atoms with Gasteiger partial charge in [-0.25, -0.2) is 5.73 Å². The minimum atomic E-state index is -1.26. The van der Waals surface area contributed by atoms with Crippen LogP contribution in [0.2, 0.25) is 0 Å². The zero-order valence-corrected chi connectivity index (χ0v) is 14.7. The van der Waals surface area contributed by atoms with Crippen LogP contribution >= 0.6 is 0 Å². The number of amides is 1. The van der Waals surface area contributed by atoms with E-state index in [1.54, 1.807) is 6.07 Å². The number of aliphatic hydroxyl groups excluding tert-OH is 1. The van der Waals surface area contributed by atoms with Gasteiger partial charge in [0.2, 0.25) is 11.5 Å². The summed E-state index contributed by atoms with van der Waals surface area (Å²) in [6, 6.07) is 1.99. The molecule has 133 valence electrons. The summed E-state index contributed by atoms with van der Waals surface area (Å²) in [7, 11) is 0. The smallest absolute Gasteiger partial charge is 0.248 e. The second-order valence-electron chi connectivity index (χ2n) is 7.07. The van der Waals surface area contributed by atoms with Crippen LogP contribution in [0.4, 0.5) is 0 Å². The predicted octanol–water partition coefficient (Wildman–Crippen LogP) is 1.19. The number of allylic oxidation sites excluding steroid dienone is 2. The number of fused-ring (bicyclic) bond motifs is 4. The predicted molar refractivity (Wildman–Crippen MR) is 94.8 cm³/mol. The Hall–Kier alpha value is -2.18. The maximum absolute atomic E-state index is 12.6. The molecular weight excluding hydrogens is 318 g/mol. The summed E-state index contributed by atoms with van der Waals surface area (Å²) in [5, 5.41) is 12.7. The molecule has 1 aromatic rings. The van der Waals surface area contributed by atoms with Gasteiger partial charge in [-0.1, -0.05) is 17.7 Å². The van der Waals surface area contributed by atoms with Crippen molar-refractivity contribution in [1.29, 1.82) is 0 Å². The minimum Gasteiger partial charge on any atom is -0.391 e. The Labute approximate surface area is 146 Å². The van der Waals surface area contributed by atoms with Crippen molar-refractivity contribution in [3.05, 3.63) is 57.0 Å². The fourth-order valence-electron chi connectivity index (χ4n) is 4.20. The van der Waals surface area contributed by atoms with Crippen molar-refractivity contribution in [2.45, 2.75) is 51.3 Å². The molecule has 6 nitrogen and oxygen atoms in total. The van der Waals surface area contributed by atoms with Crippen LogP contribution in [-0.2, 0) is 16.8 Å². The van der Waals surface area contributed by atoms with Crippen LogP contribution in [0, 0.1) is 5.92 Å². The van der Waals surface area contributed by atoms with Crippen LogP contribution in [0.15, 0.2) is 40.2 Å². The third-order valence-electron chi connectivity index (χ3n) is 5.22. The number of carbonyl (C=O) groups is 1. The van der Waals surface area contributed by atoms with Crippen molar-refractivity contribution in [3.63, 3.8) is 0 Å². The molecule has 6 heteroatoms. The highest BCUT2D eigenvalue weighted by Crippen LogP contribution is 2.49. The van der Waals surface area contributed by atoms with Gasteiger partial charge in [0, 0.05) is 23.2 Å². The molecule has 1 aromatic heterocycles. The zero-order chi connectivity index (χ0) is 18.4. The van der Waals surface area contributed by atoms with E-state index >= 15 is 0 Å². The van der Waals surface area contributed by atoms with E-state index in [1.165, 1.54) is 13.0 Å². The first kappa shape index (κ1) is 17.6. The maximum Gasteiger partial charge on any atom is 0.248 e. The third kappa shape index (κ3) is 2.85. The Kier molecular flexibility index (Phi) is 4.43. The molecule has 2 aliphatic rings. The fraction of sp³-hybridized carbons (Fsp3) is 0.474. The Morgan fingerprint density at radius 1 is 1.52 bits per heavy atom. The highest BCUT2D eigenvalue weighted by molar-refractivity contribution is 5.84. The lowest BCUT2D eigenvalue weighted by Gasteiger charge is -2.48. The van der Waals surface area contributed by atoms with E-state index in [2.05, 4.69) is 16.4 Å². The molecule has 1 amide bonds. The average Bonchev–Trinajstić information content (AvgIpc) is 2.52. The molecule has 0 aliphatic heterocycles. The van der Waals surface area contributed by atoms with Gasteiger partial charge in [-0.05, 0) is 45.3 Å². The van der Waals surface area contributed by atoms with E-state index in [0.29, 0.717) is 12.8 Å². The highest BCUT2D eigenvalue weighted by atomic mass is 16.3. The summed E-state index contributed by atoms with van der Waals surface area (Å²) in [5.74, 6) is -0.415. The van der Waals surface area contributed by atoms with Crippen LogP contribution in [0.25, 0.3) is 0 Å². The molecule has 0 saturated carbocycles. The van der Waals surface area contributed by atoms with E-state index < -0.39 is 23.6 Å². The van der Waals surface area contributed by atoms with Gasteiger partial charge in [-0.2, -0.15) is 0 Å². The molecular formula is C19H24N3O3. The number of aromatic nitrogens is 1. The molecule has 2 bridgehead atoms. The second-order valence-corrected chi connectivity index (χ2v) is 7.07. The molecule has 4 N–H and O–H groups in total. The van der Waals surface area contributed by atoms with Gasteiger partial charge in [0.15, 0.2) is 0 Å². The van der Waals surface area contributed by atoms with E-state index in [-0.39, 0.29) is 11.5 Å². The number of rotatable bonds is 3. The van der Waals surface area contributed by atoms with Crippen molar-refractivity contribution < 1.29 is 9.90 Å². The van der Waals surface area contributed by atoms with Crippen LogP contribution < -0.4 is 16.6 Å². The first-order chi connectivity index (χ1) is 11.8. The topological polar surface area (TPSA) is 106 Å². The van der Waals surface area contributed by atoms with Gasteiger partial charge in [0.1, 0.15) is 6.04 Å². The van der Waals surface area contributed by atoms with Gasteiger partial charge < -0.3 is 15.4 Å². The molecule has 4 unspecified atom stereocenters. The number of aromatic amines is 1. The van der Waals surface area contributed by atoms with Gasteiger partial charge in [-0.3, -0.25) is 9.59 Å². The van der Waals surface area contributed by atoms with Crippen LogP contribution in [0.3, 0.4) is 0 Å². The first-order valence-corrected chi connectivity index (χ1v) is 8.56. The minimum absolute atomic E-state index is 0.0975. The quantitative estimate of drug-likeness (QED) is 0.718. The first-order valence-electron chi connectivity index (χ1n) is 8.56. The summed E-state index contributed by atoms with van der Waals surface area (Å²) in [4.78, 5) is 27.3. The number of nitrogens with one attached hydrogen (secondary N) is 3. The lowest BCUT2D eigenvalue weighted by molar-refractivity contribution is -0.126. The highest BCUT2D eigenvalue weighted by Gasteiger charge is 2.48. The van der Waals surface area contributed by atoms with Crippen LogP contribution in [0.5, 0.6) is 0 Å². The molecule has 25 heavy (non-hydrogen) atoms. The van der Waals surface area contributed by atoms with E-state index in [1.807, 2.05) is 19.9 Å². The molecule has 1 heterocycles. The molecule has 4 atom stereocenters. The summed E-state index contributed by atoms with van der Waals surface area (Å²) in [5.41, 5.74) is 10.9. The normalized spacial score (nSPS) is 28.8. The van der Waals surface area contributed by atoms with Crippen molar-refractivity contribution in [2.75, 3.05) is 0 Å². The second kappa shape index (κ2) is 6.28. The monoisotopic (exact) mass is 342 g/mol. The largest absolute Gasteiger partial charge is 0.391 e. The van der Waals surface area contributed by atoms with Crippen molar-refractivity contribution in [1.82, 2.24) is 16.0 Å². The van der Waals surface area contributed by atoms with Gasteiger partial charge in [-0.15, -0.1) is 0 Å². The lowest BCUT2D eigenvalue weighted by Crippen LogP contribution is -2.57. The number of hydrogen-bond acceptors (Lipinski definition) is 3. The van der Waals surface area contributed by atoms with Gasteiger partial charge in [0.05, 0.1) is 11.6 Å². The Morgan fingerprint density at radius 3 is 2.88 bits per heavy atom. The molecule has 0 saturated heterocycles. The fourth-order valence-corrected chi connectivity index (χ4v) is 4.20. The Bertz CT molecular complexity index is 821.